The molecule has 6 heteroatoms. The average Bonchev–Trinajstić information content (AvgIpc) is 2.74. The Kier molecular flexibility index (Phi) is 5.95. The molecule has 1 heterocycles. The van der Waals surface area contributed by atoms with Gasteiger partial charge in [0.2, 0.25) is 0 Å². The first kappa shape index (κ1) is 13.1. The summed E-state index contributed by atoms with van der Waals surface area (Å²) in [5, 5.41) is 15.1. The Labute approximate surface area is 96.4 Å². The molecule has 0 radical (unpaired) electrons. The molecule has 0 aliphatic heterocycles. The minimum atomic E-state index is 0.192. The van der Waals surface area contributed by atoms with Gasteiger partial charge >= 0.3 is 0 Å². The van der Waals surface area contributed by atoms with Crippen molar-refractivity contribution in [3.05, 3.63) is 5.82 Å². The van der Waals surface area contributed by atoms with Crippen molar-refractivity contribution in [1.82, 2.24) is 25.5 Å². The predicted octanol–water partition coefficient (Wildman–Crippen LogP) is 0.770. The van der Waals surface area contributed by atoms with Crippen LogP contribution in [0.5, 0.6) is 0 Å². The Morgan fingerprint density at radius 2 is 2.31 bits per heavy atom. The zero-order chi connectivity index (χ0) is 11.8. The molecule has 1 aromatic rings. The van der Waals surface area contributed by atoms with E-state index in [1.54, 1.807) is 7.11 Å². The standard InChI is InChI=1S/C10H21N5O/c1-4-6-11-9(2)10-12-13-14-15(10)7-5-8-16-3/h9,11H,4-8H2,1-3H3. The van der Waals surface area contributed by atoms with Crippen LogP contribution in [-0.2, 0) is 11.3 Å². The molecule has 0 aliphatic rings. The maximum atomic E-state index is 5.01. The van der Waals surface area contributed by atoms with E-state index in [1.165, 1.54) is 0 Å². The molecule has 0 bridgehead atoms. The molecule has 0 fully saturated rings. The van der Waals surface area contributed by atoms with Crippen LogP contribution in [-0.4, -0.2) is 40.5 Å². The third-order valence-electron chi connectivity index (χ3n) is 2.37. The molecular formula is C10H21N5O. The number of nitrogens with one attached hydrogen (secondary N) is 1. The van der Waals surface area contributed by atoms with Gasteiger partial charge in [-0.05, 0) is 36.7 Å². The number of hydrogen-bond acceptors (Lipinski definition) is 5. The largest absolute Gasteiger partial charge is 0.385 e. The maximum Gasteiger partial charge on any atom is 0.167 e. The highest BCUT2D eigenvalue weighted by atomic mass is 16.5. The maximum absolute atomic E-state index is 5.01. The van der Waals surface area contributed by atoms with E-state index < -0.39 is 0 Å². The molecule has 0 amide bonds. The first-order valence-electron chi connectivity index (χ1n) is 5.78. The van der Waals surface area contributed by atoms with Gasteiger partial charge in [-0.1, -0.05) is 6.92 Å². The van der Waals surface area contributed by atoms with Gasteiger partial charge < -0.3 is 10.1 Å². The van der Waals surface area contributed by atoms with Gasteiger partial charge in [-0.3, -0.25) is 0 Å². The first-order chi connectivity index (χ1) is 7.79. The summed E-state index contributed by atoms with van der Waals surface area (Å²) in [6.45, 7) is 6.73. The highest BCUT2D eigenvalue weighted by Crippen LogP contribution is 2.07. The van der Waals surface area contributed by atoms with Crippen molar-refractivity contribution >= 4 is 0 Å². The summed E-state index contributed by atoms with van der Waals surface area (Å²) in [6.07, 6.45) is 2.03. The Bertz CT molecular complexity index is 288. The highest BCUT2D eigenvalue weighted by Gasteiger charge is 2.12. The number of aryl methyl sites for hydroxylation is 1. The number of tetrazole rings is 1. The second-order valence-electron chi connectivity index (χ2n) is 3.78. The summed E-state index contributed by atoms with van der Waals surface area (Å²) in [7, 11) is 1.70. The lowest BCUT2D eigenvalue weighted by atomic mass is 10.3. The van der Waals surface area contributed by atoms with Crippen LogP contribution in [0.2, 0.25) is 0 Å². The third-order valence-corrected chi connectivity index (χ3v) is 2.37. The molecule has 0 saturated carbocycles. The van der Waals surface area contributed by atoms with Crippen molar-refractivity contribution in [3.63, 3.8) is 0 Å². The lowest BCUT2D eigenvalue weighted by molar-refractivity contribution is 0.188. The van der Waals surface area contributed by atoms with Gasteiger partial charge in [-0.25, -0.2) is 4.68 Å². The molecule has 0 aliphatic carbocycles. The number of ether oxygens (including phenoxy) is 1. The molecule has 0 aromatic carbocycles. The zero-order valence-corrected chi connectivity index (χ0v) is 10.3. The van der Waals surface area contributed by atoms with Crippen molar-refractivity contribution < 1.29 is 4.74 Å². The van der Waals surface area contributed by atoms with E-state index in [-0.39, 0.29) is 6.04 Å². The quantitative estimate of drug-likeness (QED) is 0.665. The van der Waals surface area contributed by atoms with Crippen molar-refractivity contribution in [1.29, 1.82) is 0 Å². The van der Waals surface area contributed by atoms with Gasteiger partial charge in [0, 0.05) is 20.3 Å². The molecule has 1 rings (SSSR count). The molecule has 0 saturated heterocycles. The van der Waals surface area contributed by atoms with Crippen LogP contribution in [0.25, 0.3) is 0 Å². The van der Waals surface area contributed by atoms with Crippen LogP contribution in [0.1, 0.15) is 38.6 Å². The van der Waals surface area contributed by atoms with Gasteiger partial charge in [0.1, 0.15) is 0 Å². The van der Waals surface area contributed by atoms with Crippen LogP contribution >= 0.6 is 0 Å². The summed E-state index contributed by atoms with van der Waals surface area (Å²) < 4.78 is 6.85. The van der Waals surface area contributed by atoms with E-state index in [2.05, 4.69) is 34.7 Å². The molecule has 1 unspecified atom stereocenters. The fraction of sp³-hybridized carbons (Fsp3) is 0.900. The minimum Gasteiger partial charge on any atom is -0.385 e. The molecule has 0 spiro atoms. The number of nitrogens with zero attached hydrogens (tertiary/aromatic N) is 4. The second-order valence-corrected chi connectivity index (χ2v) is 3.78. The van der Waals surface area contributed by atoms with E-state index in [0.717, 1.165) is 38.4 Å². The Morgan fingerprint density at radius 1 is 1.50 bits per heavy atom. The summed E-state index contributed by atoms with van der Waals surface area (Å²) in [5.41, 5.74) is 0. The number of hydrogen-bond donors (Lipinski definition) is 1. The van der Waals surface area contributed by atoms with E-state index in [4.69, 9.17) is 4.74 Å². The van der Waals surface area contributed by atoms with Gasteiger partial charge in [0.25, 0.3) is 0 Å². The third kappa shape index (κ3) is 3.86. The van der Waals surface area contributed by atoms with Crippen LogP contribution in [0.15, 0.2) is 0 Å². The van der Waals surface area contributed by atoms with Gasteiger partial charge in [0.15, 0.2) is 5.82 Å². The Balaban J connectivity index is 2.48. The van der Waals surface area contributed by atoms with Gasteiger partial charge in [-0.2, -0.15) is 0 Å². The average molecular weight is 227 g/mol. The monoisotopic (exact) mass is 227 g/mol. The SMILES string of the molecule is CCCNC(C)c1nnnn1CCCOC. The van der Waals surface area contributed by atoms with Crippen LogP contribution in [0.4, 0.5) is 0 Å². The van der Waals surface area contributed by atoms with Gasteiger partial charge in [0.05, 0.1) is 6.04 Å². The summed E-state index contributed by atoms with van der Waals surface area (Å²) in [6, 6.07) is 0.192. The van der Waals surface area contributed by atoms with Crippen LogP contribution in [0.3, 0.4) is 0 Å². The molecular weight excluding hydrogens is 206 g/mol. The fourth-order valence-corrected chi connectivity index (χ4v) is 1.49. The number of aromatic nitrogens is 4. The lowest BCUT2D eigenvalue weighted by Crippen LogP contribution is -2.23. The van der Waals surface area contributed by atoms with Crippen LogP contribution < -0.4 is 5.32 Å². The number of methoxy groups -OCH3 is 1. The van der Waals surface area contributed by atoms with Crippen molar-refractivity contribution in [3.8, 4) is 0 Å². The molecule has 6 nitrogen and oxygen atoms in total. The van der Waals surface area contributed by atoms with Crippen molar-refractivity contribution in [2.45, 2.75) is 39.3 Å². The van der Waals surface area contributed by atoms with Crippen molar-refractivity contribution in [2.24, 2.45) is 0 Å². The predicted molar refractivity (Wildman–Crippen MR) is 61.0 cm³/mol. The zero-order valence-electron chi connectivity index (χ0n) is 10.3. The molecule has 1 N–H and O–H groups in total. The lowest BCUT2D eigenvalue weighted by Gasteiger charge is -2.12. The second kappa shape index (κ2) is 7.29. The van der Waals surface area contributed by atoms with Gasteiger partial charge in [-0.15, -0.1) is 5.10 Å². The Hall–Kier alpha value is -1.01. The fourth-order valence-electron chi connectivity index (χ4n) is 1.49. The minimum absolute atomic E-state index is 0.192. The van der Waals surface area contributed by atoms with E-state index in [1.807, 2.05) is 4.68 Å². The van der Waals surface area contributed by atoms with E-state index >= 15 is 0 Å². The topological polar surface area (TPSA) is 64.9 Å². The first-order valence-corrected chi connectivity index (χ1v) is 5.78. The normalized spacial score (nSPS) is 12.9. The molecule has 1 aromatic heterocycles. The molecule has 1 atom stereocenters. The highest BCUT2D eigenvalue weighted by molar-refractivity contribution is 4.89. The summed E-state index contributed by atoms with van der Waals surface area (Å²) in [5.74, 6) is 0.893. The Morgan fingerprint density at radius 3 is 3.00 bits per heavy atom. The van der Waals surface area contributed by atoms with Crippen LogP contribution in [0, 0.1) is 0 Å². The summed E-state index contributed by atoms with van der Waals surface area (Å²) >= 11 is 0. The number of rotatable bonds is 8. The molecule has 16 heavy (non-hydrogen) atoms. The molecule has 92 valence electrons. The van der Waals surface area contributed by atoms with Crippen molar-refractivity contribution in [2.75, 3.05) is 20.3 Å². The van der Waals surface area contributed by atoms with E-state index in [0.29, 0.717) is 0 Å². The van der Waals surface area contributed by atoms with E-state index in [9.17, 15) is 0 Å². The summed E-state index contributed by atoms with van der Waals surface area (Å²) in [4.78, 5) is 0. The smallest absolute Gasteiger partial charge is 0.167 e.